The number of aliphatic hydroxyl groups is 1. The Labute approximate surface area is 377 Å². The summed E-state index contributed by atoms with van der Waals surface area (Å²) in [5.74, 6) is -2.80. The summed E-state index contributed by atoms with van der Waals surface area (Å²) in [5.41, 5.74) is -0.974. The van der Waals surface area contributed by atoms with Gasteiger partial charge in [0.25, 0.3) is 5.91 Å². The van der Waals surface area contributed by atoms with Gasteiger partial charge in [0.2, 0.25) is 11.7 Å². The van der Waals surface area contributed by atoms with E-state index in [2.05, 4.69) is 19.2 Å². The van der Waals surface area contributed by atoms with E-state index in [-0.39, 0.29) is 34.0 Å². The maximum absolute atomic E-state index is 14.2. The highest BCUT2D eigenvalue weighted by Gasteiger charge is 2.60. The van der Waals surface area contributed by atoms with Crippen LogP contribution in [0.5, 0.6) is 11.5 Å². The van der Waals surface area contributed by atoms with Crippen molar-refractivity contribution in [3.05, 3.63) is 34.4 Å². The number of likely N-dealkylation sites (tertiary alicyclic amines) is 1. The number of piperidine rings is 1. The van der Waals surface area contributed by atoms with E-state index in [1.165, 1.54) is 21.6 Å². The van der Waals surface area contributed by atoms with Gasteiger partial charge in [-0.3, -0.25) is 19.2 Å². The Kier molecular flexibility index (Phi) is 15.9. The average molecular weight is 898 g/mol. The number of Topliss-reactive ketones (excluding diaryl/α,β-unsaturated/α-hetero) is 2. The zero-order valence-electron chi connectivity index (χ0n) is 39.2. The summed E-state index contributed by atoms with van der Waals surface area (Å²) < 4.78 is 17.3. The van der Waals surface area contributed by atoms with Gasteiger partial charge in [-0.05, 0) is 94.2 Å². The summed E-state index contributed by atoms with van der Waals surface area (Å²) >= 11 is 1.42. The minimum absolute atomic E-state index is 0.0138. The molecule has 0 saturated carbocycles. The molecule has 0 spiro atoms. The Morgan fingerprint density at radius 1 is 0.984 bits per heavy atom. The van der Waals surface area contributed by atoms with Crippen molar-refractivity contribution in [2.24, 2.45) is 28.1 Å². The average Bonchev–Trinajstić information content (AvgIpc) is 3.80. The standard InChI is InChI=1S/C48H71N3O11S/c1-12-47(6,7)41(54)43(56)50-22-14-13-15-33(50)45(59)62-30(18-16-29-17-19-34(60-10)35(23-29)61-11)25-46(4,5)20-21-48(8,9)40(53)32-24-31(26-49-32)63-39-27(2)37-36(28(3)52)42(55)51(37)38(39)44(57)58/h17,19,23,27-28,30-33,36-37,49,52H,12-16,18,20-22,24-26H2,1-11H3,(H,57,58)/t27-,28-,30-,31+,32+,33+,36-,37-/m1/s1. The molecule has 5 rings (SSSR count). The fourth-order valence-corrected chi connectivity index (χ4v) is 11.1. The maximum Gasteiger partial charge on any atom is 0.353 e. The van der Waals surface area contributed by atoms with E-state index >= 15 is 0 Å². The van der Waals surface area contributed by atoms with E-state index in [1.807, 2.05) is 45.9 Å². The molecule has 0 unspecified atom stereocenters. The summed E-state index contributed by atoms with van der Waals surface area (Å²) in [6, 6.07) is 4.03. The molecule has 1 aromatic carbocycles. The van der Waals surface area contributed by atoms with Crippen LogP contribution in [-0.2, 0) is 39.9 Å². The number of ketones is 2. The van der Waals surface area contributed by atoms with Crippen LogP contribution in [0.15, 0.2) is 28.8 Å². The molecule has 8 atom stereocenters. The van der Waals surface area contributed by atoms with Gasteiger partial charge < -0.3 is 39.5 Å². The second kappa shape index (κ2) is 20.1. The van der Waals surface area contributed by atoms with Crippen LogP contribution >= 0.6 is 11.8 Å². The lowest BCUT2D eigenvalue weighted by molar-refractivity contribution is -0.165. The van der Waals surface area contributed by atoms with E-state index in [9.17, 15) is 39.0 Å². The first-order chi connectivity index (χ1) is 29.5. The number of carbonyl (C=O) groups excluding carboxylic acids is 5. The SMILES string of the molecule is CCC(C)(C)C(=O)C(=O)N1CCCC[C@H]1C(=O)O[C@H](CCc1ccc(OC)c(OC)c1)CC(C)(C)CCC(C)(C)C(=O)[C@@H]1C[C@H](SC2=C(C(=O)O)N3C(=O)[C@H]([C@@H](C)O)[C@H]3[C@H]2C)CN1. The van der Waals surface area contributed by atoms with Gasteiger partial charge in [-0.2, -0.15) is 0 Å². The zero-order chi connectivity index (χ0) is 46.8. The molecule has 14 nitrogen and oxygen atoms in total. The van der Waals surface area contributed by atoms with Gasteiger partial charge >= 0.3 is 11.9 Å². The number of carboxylic acid groups (broad SMARTS) is 1. The number of fused-ring (bicyclic) bond motifs is 1. The number of rotatable bonds is 21. The molecule has 0 bridgehead atoms. The molecule has 15 heteroatoms. The molecule has 3 N–H and O–H groups in total. The van der Waals surface area contributed by atoms with Gasteiger partial charge in [0, 0.05) is 40.0 Å². The molecule has 4 aliphatic heterocycles. The number of carbonyl (C=O) groups is 6. The Hall–Kier alpha value is -3.95. The minimum atomic E-state index is -1.17. The number of β-lactam (4-membered cyclic amide) rings is 1. The number of thioether (sulfide) groups is 1. The van der Waals surface area contributed by atoms with Crippen LogP contribution in [0.3, 0.4) is 0 Å². The number of carboxylic acids is 1. The second-order valence-corrected chi connectivity index (χ2v) is 21.5. The topological polar surface area (TPSA) is 189 Å². The number of aryl methyl sites for hydroxylation is 1. The predicted molar refractivity (Wildman–Crippen MR) is 240 cm³/mol. The zero-order valence-corrected chi connectivity index (χ0v) is 40.0. The molecule has 2 amide bonds. The molecular formula is C48H71N3O11S. The Balaban J connectivity index is 1.25. The molecule has 0 radical (unpaired) electrons. The fourth-order valence-electron chi connectivity index (χ4n) is 9.62. The van der Waals surface area contributed by atoms with Crippen molar-refractivity contribution in [2.45, 2.75) is 162 Å². The number of aliphatic hydroxyl groups excluding tert-OH is 1. The lowest BCUT2D eigenvalue weighted by Crippen LogP contribution is -2.63. The number of amides is 2. The van der Waals surface area contributed by atoms with Gasteiger partial charge in [0.15, 0.2) is 17.3 Å². The highest BCUT2D eigenvalue weighted by atomic mass is 32.2. The first-order valence-corrected chi connectivity index (χ1v) is 23.6. The van der Waals surface area contributed by atoms with Crippen LogP contribution in [0.25, 0.3) is 0 Å². The maximum atomic E-state index is 14.2. The summed E-state index contributed by atoms with van der Waals surface area (Å²) in [6.45, 7) is 17.8. The molecule has 0 aromatic heterocycles. The molecule has 1 aromatic rings. The van der Waals surface area contributed by atoms with Crippen LogP contribution in [0.1, 0.15) is 126 Å². The number of nitrogens with one attached hydrogen (secondary N) is 1. The third kappa shape index (κ3) is 11.0. The minimum Gasteiger partial charge on any atom is -0.493 e. The summed E-state index contributed by atoms with van der Waals surface area (Å²) in [7, 11) is 3.16. The fraction of sp³-hybridized carbons (Fsp3) is 0.708. The van der Waals surface area contributed by atoms with Crippen molar-refractivity contribution < 1.29 is 53.2 Å². The number of nitrogens with zero attached hydrogens (tertiary/aromatic N) is 2. The lowest BCUT2D eigenvalue weighted by Gasteiger charge is -2.46. The highest BCUT2D eigenvalue weighted by Crippen LogP contribution is 2.52. The van der Waals surface area contributed by atoms with E-state index in [4.69, 9.17) is 14.2 Å². The van der Waals surface area contributed by atoms with Crippen molar-refractivity contribution in [3.8, 4) is 11.5 Å². The van der Waals surface area contributed by atoms with Crippen molar-refractivity contribution in [1.29, 1.82) is 0 Å². The normalized spacial score (nSPS) is 25.0. The van der Waals surface area contributed by atoms with E-state index in [0.29, 0.717) is 87.3 Å². The van der Waals surface area contributed by atoms with E-state index in [0.717, 1.165) is 12.0 Å². The number of benzene rings is 1. The number of aliphatic carboxylic acids is 1. The Morgan fingerprint density at radius 2 is 1.67 bits per heavy atom. The molecular weight excluding hydrogens is 827 g/mol. The number of hydrogen-bond donors (Lipinski definition) is 3. The van der Waals surface area contributed by atoms with Crippen molar-refractivity contribution >= 4 is 47.1 Å². The third-order valence-corrected chi connectivity index (χ3v) is 15.6. The van der Waals surface area contributed by atoms with Gasteiger partial charge in [-0.25, -0.2) is 9.59 Å². The number of hydrogen-bond acceptors (Lipinski definition) is 12. The number of esters is 1. The monoisotopic (exact) mass is 897 g/mol. The first-order valence-electron chi connectivity index (χ1n) is 22.7. The van der Waals surface area contributed by atoms with Crippen LogP contribution in [-0.4, -0.2) is 118 Å². The van der Waals surface area contributed by atoms with Gasteiger partial charge in [0.05, 0.1) is 38.3 Å². The summed E-state index contributed by atoms with van der Waals surface area (Å²) in [4.78, 5) is 83.8. The highest BCUT2D eigenvalue weighted by molar-refractivity contribution is 8.03. The van der Waals surface area contributed by atoms with Crippen LogP contribution in [0, 0.1) is 28.1 Å². The molecule has 63 heavy (non-hydrogen) atoms. The molecule has 0 aliphatic carbocycles. The van der Waals surface area contributed by atoms with Gasteiger partial charge in [-0.1, -0.05) is 61.5 Å². The van der Waals surface area contributed by atoms with E-state index < -0.39 is 70.7 Å². The van der Waals surface area contributed by atoms with Crippen molar-refractivity contribution in [2.75, 3.05) is 27.3 Å². The number of ether oxygens (including phenoxy) is 3. The van der Waals surface area contributed by atoms with Gasteiger partial charge in [-0.15, -0.1) is 11.8 Å². The number of methoxy groups -OCH3 is 2. The smallest absolute Gasteiger partial charge is 0.353 e. The first kappa shape index (κ1) is 50.1. The Morgan fingerprint density at radius 3 is 2.29 bits per heavy atom. The van der Waals surface area contributed by atoms with Crippen molar-refractivity contribution in [1.82, 2.24) is 15.1 Å². The predicted octanol–water partition coefficient (Wildman–Crippen LogP) is 6.34. The van der Waals surface area contributed by atoms with Gasteiger partial charge in [0.1, 0.15) is 17.8 Å². The molecule has 3 saturated heterocycles. The van der Waals surface area contributed by atoms with Crippen LogP contribution < -0.4 is 14.8 Å². The quantitative estimate of drug-likeness (QED) is 0.0705. The van der Waals surface area contributed by atoms with E-state index in [1.54, 1.807) is 35.0 Å². The summed E-state index contributed by atoms with van der Waals surface area (Å²) in [6.07, 6.45) is 4.22. The molecule has 350 valence electrons. The lowest BCUT2D eigenvalue weighted by atomic mass is 9.73. The molecule has 4 aliphatic rings. The molecule has 3 fully saturated rings. The van der Waals surface area contributed by atoms with Crippen LogP contribution in [0.2, 0.25) is 0 Å². The second-order valence-electron chi connectivity index (χ2n) is 20.2. The third-order valence-electron chi connectivity index (χ3n) is 14.1. The molecule has 4 heterocycles. The Bertz CT molecular complexity index is 1940. The largest absolute Gasteiger partial charge is 0.493 e. The van der Waals surface area contributed by atoms with Crippen LogP contribution in [0.4, 0.5) is 0 Å². The van der Waals surface area contributed by atoms with Crippen molar-refractivity contribution in [3.63, 3.8) is 0 Å². The summed E-state index contributed by atoms with van der Waals surface area (Å²) in [5, 5.41) is 23.7.